The lowest BCUT2D eigenvalue weighted by Crippen LogP contribution is -2.42. The van der Waals surface area contributed by atoms with Gasteiger partial charge in [-0.2, -0.15) is 15.0 Å². The van der Waals surface area contributed by atoms with Crippen molar-refractivity contribution in [3.05, 3.63) is 0 Å². The Morgan fingerprint density at radius 1 is 1.25 bits per heavy atom. The Bertz CT molecular complexity index is 435. The highest BCUT2D eigenvalue weighted by atomic mass is 15.3. The van der Waals surface area contributed by atoms with Crippen LogP contribution in [-0.2, 0) is 0 Å². The van der Waals surface area contributed by atoms with Gasteiger partial charge in [-0.05, 0) is 25.9 Å². The lowest BCUT2D eigenvalue weighted by molar-refractivity contribution is 0.226. The molecule has 1 atom stereocenters. The monoisotopic (exact) mass is 279 g/mol. The quantitative estimate of drug-likeness (QED) is 0.829. The summed E-state index contributed by atoms with van der Waals surface area (Å²) < 4.78 is 0. The maximum absolute atomic E-state index is 4.46. The minimum absolute atomic E-state index is 0.408. The van der Waals surface area contributed by atoms with E-state index in [-0.39, 0.29) is 0 Å². The first-order valence-electron chi connectivity index (χ1n) is 7.22. The molecular weight excluding hydrogens is 254 g/mol. The molecule has 7 nitrogen and oxygen atoms in total. The molecule has 2 heterocycles. The summed E-state index contributed by atoms with van der Waals surface area (Å²) in [5.74, 6) is 1.90. The fourth-order valence-corrected chi connectivity index (χ4v) is 2.38. The Morgan fingerprint density at radius 2 is 2.00 bits per heavy atom. The number of rotatable bonds is 5. The number of piperidine rings is 1. The number of likely N-dealkylation sites (tertiary alicyclic amines) is 1. The van der Waals surface area contributed by atoms with Crippen LogP contribution in [0.15, 0.2) is 0 Å². The summed E-state index contributed by atoms with van der Waals surface area (Å²) in [4.78, 5) is 17.5. The molecule has 1 aliphatic rings. The molecule has 1 aliphatic heterocycles. The van der Waals surface area contributed by atoms with Gasteiger partial charge in [0, 0.05) is 33.7 Å². The van der Waals surface area contributed by atoms with Gasteiger partial charge >= 0.3 is 0 Å². The van der Waals surface area contributed by atoms with Gasteiger partial charge in [-0.1, -0.05) is 6.92 Å². The Hall–Kier alpha value is -1.63. The molecule has 0 saturated carbocycles. The zero-order valence-electron chi connectivity index (χ0n) is 12.8. The smallest absolute Gasteiger partial charge is 0.231 e. The van der Waals surface area contributed by atoms with Gasteiger partial charge in [0.1, 0.15) is 0 Å². The van der Waals surface area contributed by atoms with E-state index in [4.69, 9.17) is 0 Å². The molecule has 1 unspecified atom stereocenters. The lowest BCUT2D eigenvalue weighted by Gasteiger charge is -2.32. The topological polar surface area (TPSA) is 69.2 Å². The Kier molecular flexibility index (Phi) is 4.94. The van der Waals surface area contributed by atoms with Crippen molar-refractivity contribution in [1.29, 1.82) is 0 Å². The standard InChI is InChI=1S/C13H25N7/c1-5-20-8-6-7-10(9-20)15-12-16-11(14-2)17-13(18-12)19(3)4/h10H,5-9H2,1-4H3,(H2,14,15,16,17,18). The fraction of sp³-hybridized carbons (Fsp3) is 0.769. The van der Waals surface area contributed by atoms with Crippen LogP contribution < -0.4 is 15.5 Å². The number of aromatic nitrogens is 3. The first kappa shape index (κ1) is 14.8. The first-order chi connectivity index (χ1) is 9.62. The third kappa shape index (κ3) is 3.69. The molecule has 0 aliphatic carbocycles. The number of nitrogens with one attached hydrogen (secondary N) is 2. The molecule has 0 spiro atoms. The second kappa shape index (κ2) is 6.69. The van der Waals surface area contributed by atoms with Crippen LogP contribution in [0.25, 0.3) is 0 Å². The molecule has 1 saturated heterocycles. The number of anilines is 3. The first-order valence-corrected chi connectivity index (χ1v) is 7.22. The van der Waals surface area contributed by atoms with Gasteiger partial charge in [0.15, 0.2) is 0 Å². The summed E-state index contributed by atoms with van der Waals surface area (Å²) >= 11 is 0. The highest BCUT2D eigenvalue weighted by molar-refractivity contribution is 5.43. The van der Waals surface area contributed by atoms with E-state index in [1.165, 1.54) is 13.0 Å². The maximum atomic E-state index is 4.46. The molecule has 7 heteroatoms. The SMILES string of the molecule is CCN1CCCC(Nc2nc(NC)nc(N(C)C)n2)C1. The predicted molar refractivity (Wildman–Crippen MR) is 82.5 cm³/mol. The molecular formula is C13H25N7. The summed E-state index contributed by atoms with van der Waals surface area (Å²) in [5.41, 5.74) is 0. The van der Waals surface area contributed by atoms with Crippen molar-refractivity contribution in [2.75, 3.05) is 56.3 Å². The molecule has 112 valence electrons. The Labute approximate surface area is 120 Å². The average molecular weight is 279 g/mol. The highest BCUT2D eigenvalue weighted by Gasteiger charge is 2.20. The normalized spacial score (nSPS) is 19.7. The van der Waals surface area contributed by atoms with Crippen LogP contribution in [0.5, 0.6) is 0 Å². The molecule has 20 heavy (non-hydrogen) atoms. The van der Waals surface area contributed by atoms with Gasteiger partial charge < -0.3 is 20.4 Å². The number of hydrogen-bond donors (Lipinski definition) is 2. The van der Waals surface area contributed by atoms with E-state index in [2.05, 4.69) is 37.4 Å². The molecule has 2 rings (SSSR count). The maximum Gasteiger partial charge on any atom is 0.231 e. The predicted octanol–water partition coefficient (Wildman–Crippen LogP) is 0.875. The average Bonchev–Trinajstić information content (AvgIpc) is 2.47. The molecule has 0 bridgehead atoms. The minimum atomic E-state index is 0.408. The van der Waals surface area contributed by atoms with Crippen molar-refractivity contribution >= 4 is 17.8 Å². The Morgan fingerprint density at radius 3 is 2.65 bits per heavy atom. The number of nitrogens with zero attached hydrogens (tertiary/aromatic N) is 5. The van der Waals surface area contributed by atoms with Crippen molar-refractivity contribution in [2.24, 2.45) is 0 Å². The van der Waals surface area contributed by atoms with Gasteiger partial charge in [0.05, 0.1) is 0 Å². The van der Waals surface area contributed by atoms with Crippen molar-refractivity contribution in [3.8, 4) is 0 Å². The molecule has 1 fully saturated rings. The second-order valence-electron chi connectivity index (χ2n) is 5.30. The van der Waals surface area contributed by atoms with Crippen LogP contribution in [0.2, 0.25) is 0 Å². The van der Waals surface area contributed by atoms with Gasteiger partial charge in [-0.15, -0.1) is 0 Å². The second-order valence-corrected chi connectivity index (χ2v) is 5.30. The highest BCUT2D eigenvalue weighted by Crippen LogP contribution is 2.16. The van der Waals surface area contributed by atoms with Crippen molar-refractivity contribution < 1.29 is 0 Å². The number of hydrogen-bond acceptors (Lipinski definition) is 7. The third-order valence-corrected chi connectivity index (χ3v) is 3.53. The fourth-order valence-electron chi connectivity index (χ4n) is 2.38. The van der Waals surface area contributed by atoms with Gasteiger partial charge in [-0.3, -0.25) is 0 Å². The van der Waals surface area contributed by atoms with Crippen LogP contribution in [-0.4, -0.2) is 66.7 Å². The van der Waals surface area contributed by atoms with E-state index in [0.717, 1.165) is 19.5 Å². The van der Waals surface area contributed by atoms with Crippen LogP contribution in [0.1, 0.15) is 19.8 Å². The van der Waals surface area contributed by atoms with E-state index < -0.39 is 0 Å². The molecule has 0 amide bonds. The summed E-state index contributed by atoms with van der Waals surface area (Å²) in [6.07, 6.45) is 2.38. The van der Waals surface area contributed by atoms with E-state index >= 15 is 0 Å². The molecule has 0 radical (unpaired) electrons. The zero-order valence-corrected chi connectivity index (χ0v) is 12.8. The van der Waals surface area contributed by atoms with Crippen LogP contribution >= 0.6 is 0 Å². The van der Waals surface area contributed by atoms with Gasteiger partial charge in [0.25, 0.3) is 0 Å². The molecule has 2 N–H and O–H groups in total. The van der Waals surface area contributed by atoms with Crippen molar-refractivity contribution in [2.45, 2.75) is 25.8 Å². The van der Waals surface area contributed by atoms with Gasteiger partial charge in [0.2, 0.25) is 17.8 Å². The Balaban J connectivity index is 2.09. The van der Waals surface area contributed by atoms with E-state index in [1.807, 2.05) is 26.0 Å². The zero-order chi connectivity index (χ0) is 14.5. The number of likely N-dealkylation sites (N-methyl/N-ethyl adjacent to an activating group) is 1. The molecule has 1 aromatic rings. The van der Waals surface area contributed by atoms with Crippen LogP contribution in [0.3, 0.4) is 0 Å². The van der Waals surface area contributed by atoms with Crippen molar-refractivity contribution in [3.63, 3.8) is 0 Å². The lowest BCUT2D eigenvalue weighted by atomic mass is 10.1. The third-order valence-electron chi connectivity index (χ3n) is 3.53. The minimum Gasteiger partial charge on any atom is -0.357 e. The summed E-state index contributed by atoms with van der Waals surface area (Å²) in [5, 5.41) is 6.43. The molecule has 1 aromatic heterocycles. The largest absolute Gasteiger partial charge is 0.357 e. The van der Waals surface area contributed by atoms with E-state index in [0.29, 0.717) is 23.9 Å². The van der Waals surface area contributed by atoms with E-state index in [1.54, 1.807) is 0 Å². The van der Waals surface area contributed by atoms with Crippen LogP contribution in [0, 0.1) is 0 Å². The summed E-state index contributed by atoms with van der Waals surface area (Å²) in [7, 11) is 5.67. The molecule has 0 aromatic carbocycles. The summed E-state index contributed by atoms with van der Waals surface area (Å²) in [6.45, 7) is 5.54. The van der Waals surface area contributed by atoms with E-state index in [9.17, 15) is 0 Å². The van der Waals surface area contributed by atoms with Crippen LogP contribution in [0.4, 0.5) is 17.8 Å². The summed E-state index contributed by atoms with van der Waals surface area (Å²) in [6, 6.07) is 0.408. The van der Waals surface area contributed by atoms with Crippen molar-refractivity contribution in [1.82, 2.24) is 19.9 Å². The van der Waals surface area contributed by atoms with Gasteiger partial charge in [-0.25, -0.2) is 0 Å².